The van der Waals surface area contributed by atoms with Gasteiger partial charge in [-0.2, -0.15) is 0 Å². The third-order valence-electron chi connectivity index (χ3n) is 1.74. The molecule has 7 heteroatoms. The summed E-state index contributed by atoms with van der Waals surface area (Å²) in [6.45, 7) is 5.51. The van der Waals surface area contributed by atoms with E-state index in [-0.39, 0.29) is 0 Å². The van der Waals surface area contributed by atoms with E-state index in [1.807, 2.05) is 0 Å². The van der Waals surface area contributed by atoms with Gasteiger partial charge in [0.25, 0.3) is 0 Å². The van der Waals surface area contributed by atoms with Crippen molar-refractivity contribution in [3.63, 3.8) is 0 Å². The van der Waals surface area contributed by atoms with E-state index in [4.69, 9.17) is 4.74 Å². The number of esters is 1. The molecule has 0 aliphatic rings. The maximum Gasteiger partial charge on any atom is 0.408 e. The van der Waals surface area contributed by atoms with Crippen LogP contribution in [0.15, 0.2) is 0 Å². The summed E-state index contributed by atoms with van der Waals surface area (Å²) in [6, 6.07) is -1.44. The molecule has 0 aromatic rings. The molecule has 0 aromatic heterocycles. The standard InChI is InChI=1S/C11H19F2NO4/c1-10(2,3)18-9(16)14-7(8(15)17-5)6-11(4,12)13/h7H,6H2,1-5H3,(H,14,16). The Bertz CT molecular complexity index is 307. The molecule has 0 fully saturated rings. The maximum absolute atomic E-state index is 12.9. The van der Waals surface area contributed by atoms with Gasteiger partial charge in [-0.25, -0.2) is 18.4 Å². The van der Waals surface area contributed by atoms with Crippen molar-refractivity contribution in [1.29, 1.82) is 0 Å². The van der Waals surface area contributed by atoms with Gasteiger partial charge in [-0.05, 0) is 27.7 Å². The number of hydrogen-bond donors (Lipinski definition) is 1. The normalized spacial score (nSPS) is 13.7. The summed E-state index contributed by atoms with van der Waals surface area (Å²) in [7, 11) is 1.06. The van der Waals surface area contributed by atoms with Crippen LogP contribution in [0.5, 0.6) is 0 Å². The average Bonchev–Trinajstić information content (AvgIpc) is 2.10. The van der Waals surface area contributed by atoms with E-state index in [0.717, 1.165) is 7.11 Å². The predicted octanol–water partition coefficient (Wildman–Crippen LogP) is 2.10. The minimum atomic E-state index is -3.10. The smallest absolute Gasteiger partial charge is 0.408 e. The monoisotopic (exact) mass is 267 g/mol. The van der Waals surface area contributed by atoms with Crippen LogP contribution in [0.2, 0.25) is 0 Å². The highest BCUT2D eigenvalue weighted by molar-refractivity contribution is 5.81. The molecule has 5 nitrogen and oxygen atoms in total. The Balaban J connectivity index is 4.61. The molecule has 0 saturated carbocycles. The van der Waals surface area contributed by atoms with Crippen molar-refractivity contribution in [2.45, 2.75) is 51.7 Å². The Labute approximate surface area is 105 Å². The van der Waals surface area contributed by atoms with Crippen LogP contribution < -0.4 is 5.32 Å². The lowest BCUT2D eigenvalue weighted by Crippen LogP contribution is -2.46. The molecule has 1 atom stereocenters. The van der Waals surface area contributed by atoms with Crippen LogP contribution in [0, 0.1) is 0 Å². The lowest BCUT2D eigenvalue weighted by Gasteiger charge is -2.23. The van der Waals surface area contributed by atoms with Crippen molar-refractivity contribution in [3.05, 3.63) is 0 Å². The summed E-state index contributed by atoms with van der Waals surface area (Å²) in [5.41, 5.74) is -0.778. The number of amides is 1. The first-order chi connectivity index (χ1) is 7.94. The molecule has 0 radical (unpaired) electrons. The van der Waals surface area contributed by atoms with Gasteiger partial charge >= 0.3 is 12.1 Å². The predicted molar refractivity (Wildman–Crippen MR) is 60.4 cm³/mol. The molecule has 0 aromatic carbocycles. The number of nitrogens with one attached hydrogen (secondary N) is 1. The summed E-state index contributed by atoms with van der Waals surface area (Å²) in [6.07, 6.45) is -1.79. The summed E-state index contributed by atoms with van der Waals surface area (Å²) in [5.74, 6) is -4.05. The summed E-state index contributed by atoms with van der Waals surface area (Å²) < 4.78 is 34.9. The second-order valence-electron chi connectivity index (χ2n) is 5.00. The largest absolute Gasteiger partial charge is 0.467 e. The number of halogens is 2. The van der Waals surface area contributed by atoms with Crippen molar-refractivity contribution in [2.24, 2.45) is 0 Å². The third kappa shape index (κ3) is 7.81. The van der Waals surface area contributed by atoms with E-state index in [9.17, 15) is 18.4 Å². The fourth-order valence-corrected chi connectivity index (χ4v) is 1.14. The van der Waals surface area contributed by atoms with Gasteiger partial charge in [0.1, 0.15) is 11.6 Å². The van der Waals surface area contributed by atoms with Crippen LogP contribution in [0.3, 0.4) is 0 Å². The van der Waals surface area contributed by atoms with Gasteiger partial charge in [0.2, 0.25) is 5.92 Å². The van der Waals surface area contributed by atoms with Gasteiger partial charge in [0, 0.05) is 6.42 Å². The Morgan fingerprint density at radius 2 is 1.72 bits per heavy atom. The van der Waals surface area contributed by atoms with Crippen molar-refractivity contribution in [1.82, 2.24) is 5.32 Å². The second-order valence-corrected chi connectivity index (χ2v) is 5.00. The van der Waals surface area contributed by atoms with Crippen LogP contribution in [0.25, 0.3) is 0 Å². The highest BCUT2D eigenvalue weighted by Crippen LogP contribution is 2.20. The highest BCUT2D eigenvalue weighted by Gasteiger charge is 2.33. The zero-order chi connectivity index (χ0) is 14.6. The van der Waals surface area contributed by atoms with Gasteiger partial charge in [-0.15, -0.1) is 0 Å². The molecule has 0 bridgehead atoms. The van der Waals surface area contributed by atoms with E-state index in [2.05, 4.69) is 10.1 Å². The SMILES string of the molecule is COC(=O)C(CC(C)(F)F)NC(=O)OC(C)(C)C. The van der Waals surface area contributed by atoms with Gasteiger partial charge in [0.05, 0.1) is 7.11 Å². The number of carbonyl (C=O) groups is 2. The first kappa shape index (κ1) is 16.6. The van der Waals surface area contributed by atoms with Crippen LogP contribution in [0.1, 0.15) is 34.1 Å². The van der Waals surface area contributed by atoms with E-state index in [1.165, 1.54) is 0 Å². The summed E-state index contributed by atoms with van der Waals surface area (Å²) >= 11 is 0. The van der Waals surface area contributed by atoms with E-state index < -0.39 is 36.0 Å². The van der Waals surface area contributed by atoms with E-state index in [0.29, 0.717) is 6.92 Å². The number of rotatable bonds is 4. The fourth-order valence-electron chi connectivity index (χ4n) is 1.14. The molecule has 0 aliphatic heterocycles. The van der Waals surface area contributed by atoms with E-state index >= 15 is 0 Å². The molecule has 1 N–H and O–H groups in total. The van der Waals surface area contributed by atoms with Crippen molar-refractivity contribution >= 4 is 12.1 Å². The molecule has 0 rings (SSSR count). The quantitative estimate of drug-likeness (QED) is 0.792. The Kier molecular flexibility index (Phi) is 5.51. The molecule has 18 heavy (non-hydrogen) atoms. The molecule has 0 spiro atoms. The molecule has 0 heterocycles. The number of alkyl halides is 2. The maximum atomic E-state index is 12.9. The third-order valence-corrected chi connectivity index (χ3v) is 1.74. The number of methoxy groups -OCH3 is 1. The first-order valence-corrected chi connectivity index (χ1v) is 5.40. The number of hydrogen-bond acceptors (Lipinski definition) is 4. The Morgan fingerprint density at radius 3 is 2.06 bits per heavy atom. The first-order valence-electron chi connectivity index (χ1n) is 5.40. The average molecular weight is 267 g/mol. The van der Waals surface area contributed by atoms with Gasteiger partial charge in [0.15, 0.2) is 0 Å². The number of ether oxygens (including phenoxy) is 2. The lowest BCUT2D eigenvalue weighted by atomic mass is 10.1. The number of carbonyl (C=O) groups excluding carboxylic acids is 2. The minimum Gasteiger partial charge on any atom is -0.467 e. The molecular weight excluding hydrogens is 248 g/mol. The molecule has 1 amide bonds. The Hall–Kier alpha value is -1.40. The van der Waals surface area contributed by atoms with Crippen LogP contribution in [-0.2, 0) is 14.3 Å². The summed E-state index contributed by atoms with van der Waals surface area (Å²) in [4.78, 5) is 22.7. The highest BCUT2D eigenvalue weighted by atomic mass is 19.3. The lowest BCUT2D eigenvalue weighted by molar-refractivity contribution is -0.145. The fraction of sp³-hybridized carbons (Fsp3) is 0.818. The summed E-state index contributed by atoms with van der Waals surface area (Å²) in [5, 5.41) is 2.07. The van der Waals surface area contributed by atoms with Gasteiger partial charge in [-0.3, -0.25) is 0 Å². The zero-order valence-electron chi connectivity index (χ0n) is 11.2. The Morgan fingerprint density at radius 1 is 1.22 bits per heavy atom. The molecular formula is C11H19F2NO4. The van der Waals surface area contributed by atoms with Crippen molar-refractivity contribution in [3.8, 4) is 0 Å². The van der Waals surface area contributed by atoms with Crippen molar-refractivity contribution < 1.29 is 27.8 Å². The van der Waals surface area contributed by atoms with Crippen LogP contribution in [-0.4, -0.2) is 36.7 Å². The van der Waals surface area contributed by atoms with Gasteiger partial charge < -0.3 is 14.8 Å². The molecule has 0 aliphatic carbocycles. The molecule has 1 unspecified atom stereocenters. The van der Waals surface area contributed by atoms with E-state index in [1.54, 1.807) is 20.8 Å². The number of alkyl carbamates (subject to hydrolysis) is 1. The topological polar surface area (TPSA) is 64.6 Å². The van der Waals surface area contributed by atoms with Gasteiger partial charge in [-0.1, -0.05) is 0 Å². The van der Waals surface area contributed by atoms with Crippen LogP contribution >= 0.6 is 0 Å². The molecule has 0 saturated heterocycles. The zero-order valence-corrected chi connectivity index (χ0v) is 11.2. The molecule has 106 valence electrons. The second kappa shape index (κ2) is 5.97. The van der Waals surface area contributed by atoms with Crippen LogP contribution in [0.4, 0.5) is 13.6 Å². The van der Waals surface area contributed by atoms with Crippen molar-refractivity contribution in [2.75, 3.05) is 7.11 Å². The minimum absolute atomic E-state index is 0.652.